The monoisotopic (exact) mass is 265 g/mol. The number of ether oxygens (including phenoxy) is 1. The van der Waals surface area contributed by atoms with E-state index in [0.717, 1.165) is 24.8 Å². The van der Waals surface area contributed by atoms with Crippen LogP contribution in [0, 0.1) is 11.8 Å². The first-order valence-corrected chi connectivity index (χ1v) is 7.54. The van der Waals surface area contributed by atoms with Crippen molar-refractivity contribution in [1.29, 1.82) is 0 Å². The first-order valence-electron chi connectivity index (χ1n) is 7.54. The highest BCUT2D eigenvalue weighted by molar-refractivity contribution is 5.29. The van der Waals surface area contributed by atoms with Gasteiger partial charge in [0.05, 0.1) is 25.0 Å². The van der Waals surface area contributed by atoms with Gasteiger partial charge in [-0.15, -0.1) is 0 Å². The van der Waals surface area contributed by atoms with Gasteiger partial charge < -0.3 is 10.1 Å². The Bertz CT molecular complexity index is 381. The van der Waals surface area contributed by atoms with E-state index >= 15 is 0 Å². The number of hydrogen-bond donors (Lipinski definition) is 1. The molecule has 1 aliphatic rings. The summed E-state index contributed by atoms with van der Waals surface area (Å²) in [5, 5.41) is 8.11. The number of nitrogens with zero attached hydrogens (tertiary/aromatic N) is 2. The molecule has 1 N–H and O–H groups in total. The number of hydrogen-bond acceptors (Lipinski definition) is 3. The van der Waals surface area contributed by atoms with E-state index in [1.165, 1.54) is 25.0 Å². The van der Waals surface area contributed by atoms with Crippen LogP contribution in [0.25, 0.3) is 0 Å². The highest BCUT2D eigenvalue weighted by Crippen LogP contribution is 2.41. The van der Waals surface area contributed by atoms with Crippen molar-refractivity contribution in [1.82, 2.24) is 15.1 Å². The van der Waals surface area contributed by atoms with Crippen LogP contribution in [0.2, 0.25) is 0 Å². The molecule has 0 spiro atoms. The Hall–Kier alpha value is -1.03. The molecular weight excluding hydrogens is 238 g/mol. The van der Waals surface area contributed by atoms with Gasteiger partial charge in [0.15, 0.2) is 5.75 Å². The van der Waals surface area contributed by atoms with Crippen molar-refractivity contribution in [3.63, 3.8) is 0 Å². The fraction of sp³-hybridized carbons (Fsp3) is 0.800. The Labute approximate surface area is 116 Å². The van der Waals surface area contributed by atoms with Gasteiger partial charge in [0.1, 0.15) is 0 Å². The molecule has 0 amide bonds. The van der Waals surface area contributed by atoms with Crippen molar-refractivity contribution < 1.29 is 4.74 Å². The van der Waals surface area contributed by atoms with Gasteiger partial charge in [0, 0.05) is 6.54 Å². The molecule has 2 rings (SSSR count). The van der Waals surface area contributed by atoms with Gasteiger partial charge in [0.25, 0.3) is 0 Å². The van der Waals surface area contributed by atoms with Gasteiger partial charge in [0.2, 0.25) is 0 Å². The lowest BCUT2D eigenvalue weighted by Gasteiger charge is -2.26. The van der Waals surface area contributed by atoms with Crippen molar-refractivity contribution in [3.05, 3.63) is 11.9 Å². The molecule has 1 aromatic heterocycles. The molecule has 0 aliphatic heterocycles. The summed E-state index contributed by atoms with van der Waals surface area (Å²) < 4.78 is 7.60. The molecule has 0 radical (unpaired) electrons. The topological polar surface area (TPSA) is 39.1 Å². The molecule has 19 heavy (non-hydrogen) atoms. The Morgan fingerprint density at radius 3 is 2.79 bits per heavy atom. The van der Waals surface area contributed by atoms with E-state index in [0.29, 0.717) is 12.0 Å². The summed E-state index contributed by atoms with van der Waals surface area (Å²) in [6, 6.07) is 0.368. The molecule has 3 unspecified atom stereocenters. The zero-order valence-electron chi connectivity index (χ0n) is 12.6. The fourth-order valence-electron chi connectivity index (χ4n) is 3.36. The number of methoxy groups -OCH3 is 1. The average molecular weight is 265 g/mol. The van der Waals surface area contributed by atoms with Gasteiger partial charge in [-0.05, 0) is 38.1 Å². The molecule has 0 aromatic carbocycles. The molecule has 4 heteroatoms. The van der Waals surface area contributed by atoms with E-state index in [9.17, 15) is 0 Å². The van der Waals surface area contributed by atoms with Crippen molar-refractivity contribution in [2.45, 2.75) is 52.6 Å². The van der Waals surface area contributed by atoms with Crippen LogP contribution in [-0.2, 0) is 6.54 Å². The first-order chi connectivity index (χ1) is 9.21. The standard InChI is InChI=1S/C15H27N3O/c1-5-16-14(12-8-7-11(3)9-12)15-13(19-4)10-17-18(15)6-2/h10-12,14,16H,5-9H2,1-4H3. The molecule has 0 saturated heterocycles. The fourth-order valence-corrected chi connectivity index (χ4v) is 3.36. The lowest BCUT2D eigenvalue weighted by atomic mass is 9.93. The molecule has 1 fully saturated rings. The third kappa shape index (κ3) is 2.94. The van der Waals surface area contributed by atoms with E-state index in [-0.39, 0.29) is 0 Å². The summed E-state index contributed by atoms with van der Waals surface area (Å²) in [6.45, 7) is 8.54. The summed E-state index contributed by atoms with van der Waals surface area (Å²) >= 11 is 0. The predicted molar refractivity (Wildman–Crippen MR) is 77.4 cm³/mol. The van der Waals surface area contributed by atoms with E-state index < -0.39 is 0 Å². The van der Waals surface area contributed by atoms with E-state index in [4.69, 9.17) is 4.74 Å². The van der Waals surface area contributed by atoms with Crippen LogP contribution in [-0.4, -0.2) is 23.4 Å². The van der Waals surface area contributed by atoms with Crippen LogP contribution < -0.4 is 10.1 Å². The molecular formula is C15H27N3O. The second-order valence-electron chi connectivity index (χ2n) is 5.63. The Morgan fingerprint density at radius 1 is 1.47 bits per heavy atom. The summed E-state index contributed by atoms with van der Waals surface area (Å²) in [4.78, 5) is 0. The predicted octanol–water partition coefficient (Wildman–Crippen LogP) is 3.00. The number of rotatable bonds is 6. The zero-order valence-corrected chi connectivity index (χ0v) is 12.6. The normalized spacial score (nSPS) is 24.6. The van der Waals surface area contributed by atoms with Gasteiger partial charge >= 0.3 is 0 Å². The minimum absolute atomic E-state index is 0.368. The summed E-state index contributed by atoms with van der Waals surface area (Å²) in [5.74, 6) is 2.47. The van der Waals surface area contributed by atoms with Crippen molar-refractivity contribution in [2.75, 3.05) is 13.7 Å². The van der Waals surface area contributed by atoms with E-state index in [2.05, 4.69) is 35.9 Å². The average Bonchev–Trinajstić information content (AvgIpc) is 3.01. The summed E-state index contributed by atoms with van der Waals surface area (Å²) in [5.41, 5.74) is 1.23. The Balaban J connectivity index is 2.29. The summed E-state index contributed by atoms with van der Waals surface area (Å²) in [7, 11) is 1.74. The van der Waals surface area contributed by atoms with Crippen molar-refractivity contribution in [3.8, 4) is 5.75 Å². The van der Waals surface area contributed by atoms with Gasteiger partial charge in [-0.25, -0.2) is 0 Å². The minimum Gasteiger partial charge on any atom is -0.493 e. The van der Waals surface area contributed by atoms with Gasteiger partial charge in [-0.2, -0.15) is 5.10 Å². The molecule has 108 valence electrons. The molecule has 3 atom stereocenters. The van der Waals surface area contributed by atoms with Crippen LogP contribution in [0.3, 0.4) is 0 Å². The number of aromatic nitrogens is 2. The first kappa shape index (κ1) is 14.4. The molecule has 1 aliphatic carbocycles. The second kappa shape index (κ2) is 6.42. The largest absolute Gasteiger partial charge is 0.493 e. The van der Waals surface area contributed by atoms with Gasteiger partial charge in [-0.3, -0.25) is 4.68 Å². The number of nitrogens with one attached hydrogen (secondary N) is 1. The molecule has 1 heterocycles. The van der Waals surface area contributed by atoms with Crippen LogP contribution in [0.5, 0.6) is 5.75 Å². The highest BCUT2D eigenvalue weighted by Gasteiger charge is 2.33. The van der Waals surface area contributed by atoms with Crippen LogP contribution in [0.1, 0.15) is 51.8 Å². The Morgan fingerprint density at radius 2 is 2.26 bits per heavy atom. The van der Waals surface area contributed by atoms with Crippen molar-refractivity contribution in [2.24, 2.45) is 11.8 Å². The van der Waals surface area contributed by atoms with Crippen LogP contribution in [0.15, 0.2) is 6.20 Å². The minimum atomic E-state index is 0.368. The lowest BCUT2D eigenvalue weighted by molar-refractivity contribution is 0.326. The lowest BCUT2D eigenvalue weighted by Crippen LogP contribution is -2.29. The molecule has 0 bridgehead atoms. The SMILES string of the molecule is CCNC(c1c(OC)cnn1CC)C1CCC(C)C1. The molecule has 1 aromatic rings. The molecule has 1 saturated carbocycles. The maximum Gasteiger partial charge on any atom is 0.161 e. The third-order valence-corrected chi connectivity index (χ3v) is 4.29. The summed E-state index contributed by atoms with van der Waals surface area (Å²) in [6.07, 6.45) is 5.79. The van der Waals surface area contributed by atoms with Crippen LogP contribution >= 0.6 is 0 Å². The van der Waals surface area contributed by atoms with Crippen molar-refractivity contribution >= 4 is 0 Å². The third-order valence-electron chi connectivity index (χ3n) is 4.29. The molecule has 4 nitrogen and oxygen atoms in total. The zero-order chi connectivity index (χ0) is 13.8. The second-order valence-corrected chi connectivity index (χ2v) is 5.63. The van der Waals surface area contributed by atoms with E-state index in [1.54, 1.807) is 7.11 Å². The maximum absolute atomic E-state index is 5.52. The maximum atomic E-state index is 5.52. The van der Waals surface area contributed by atoms with Gasteiger partial charge in [-0.1, -0.05) is 20.3 Å². The smallest absolute Gasteiger partial charge is 0.161 e. The quantitative estimate of drug-likeness (QED) is 0.859. The Kier molecular flexibility index (Phi) is 4.86. The van der Waals surface area contributed by atoms with E-state index in [1.807, 2.05) is 6.20 Å². The highest BCUT2D eigenvalue weighted by atomic mass is 16.5. The number of aryl methyl sites for hydroxylation is 1. The van der Waals surface area contributed by atoms with Crippen LogP contribution in [0.4, 0.5) is 0 Å².